The summed E-state index contributed by atoms with van der Waals surface area (Å²) in [7, 11) is 0. The summed E-state index contributed by atoms with van der Waals surface area (Å²) in [5.74, 6) is 0. The molecular weight excluding hydrogens is 172 g/mol. The molecule has 2 rings (SSSR count). The summed E-state index contributed by atoms with van der Waals surface area (Å²) in [6.45, 7) is 0.775. The molecular formula is C9H13ClN2. The average molecular weight is 185 g/mol. The zero-order chi connectivity index (χ0) is 7.73. The van der Waals surface area contributed by atoms with E-state index in [4.69, 9.17) is 5.73 Å². The number of hydrogen-bond donors (Lipinski definition) is 1. The predicted octanol–water partition coefficient (Wildman–Crippen LogP) is 1.49. The Kier molecular flexibility index (Phi) is 2.70. The summed E-state index contributed by atoms with van der Waals surface area (Å²) < 4.78 is 0. The molecule has 0 saturated heterocycles. The van der Waals surface area contributed by atoms with Crippen LogP contribution in [0.4, 0.5) is 0 Å². The molecule has 3 heteroatoms. The molecule has 2 nitrogen and oxygen atoms in total. The van der Waals surface area contributed by atoms with Gasteiger partial charge in [0.2, 0.25) is 0 Å². The Morgan fingerprint density at radius 3 is 2.33 bits per heavy atom. The van der Waals surface area contributed by atoms with E-state index in [-0.39, 0.29) is 12.4 Å². The molecule has 12 heavy (non-hydrogen) atoms. The lowest BCUT2D eigenvalue weighted by atomic mass is 9.98. The minimum absolute atomic E-state index is 0. The van der Waals surface area contributed by atoms with Crippen molar-refractivity contribution in [2.45, 2.75) is 18.3 Å². The van der Waals surface area contributed by atoms with Gasteiger partial charge in [-0.3, -0.25) is 4.98 Å². The van der Waals surface area contributed by atoms with Crippen molar-refractivity contribution >= 4 is 12.4 Å². The lowest BCUT2D eigenvalue weighted by molar-refractivity contribution is 0.703. The Balaban J connectivity index is 0.000000720. The summed E-state index contributed by atoms with van der Waals surface area (Å²) in [4.78, 5) is 3.98. The molecule has 0 amide bonds. The number of rotatable bonds is 2. The van der Waals surface area contributed by atoms with Crippen LogP contribution in [0.3, 0.4) is 0 Å². The largest absolute Gasteiger partial charge is 0.330 e. The van der Waals surface area contributed by atoms with Crippen molar-refractivity contribution in [1.29, 1.82) is 0 Å². The van der Waals surface area contributed by atoms with Gasteiger partial charge in [0.25, 0.3) is 0 Å². The minimum atomic E-state index is 0. The van der Waals surface area contributed by atoms with E-state index in [1.54, 1.807) is 0 Å². The maximum atomic E-state index is 5.68. The van der Waals surface area contributed by atoms with Crippen molar-refractivity contribution in [1.82, 2.24) is 4.98 Å². The van der Waals surface area contributed by atoms with Crippen molar-refractivity contribution < 1.29 is 0 Å². The highest BCUT2D eigenvalue weighted by molar-refractivity contribution is 5.85. The Morgan fingerprint density at radius 2 is 1.92 bits per heavy atom. The van der Waals surface area contributed by atoms with Crippen LogP contribution in [0.5, 0.6) is 0 Å². The number of aromatic nitrogens is 1. The molecule has 1 fully saturated rings. The second-order valence-corrected chi connectivity index (χ2v) is 3.22. The first-order valence-corrected chi connectivity index (χ1v) is 3.98. The van der Waals surface area contributed by atoms with Gasteiger partial charge in [-0.15, -0.1) is 12.4 Å². The summed E-state index contributed by atoms with van der Waals surface area (Å²) in [6, 6.07) is 4.14. The van der Waals surface area contributed by atoms with E-state index >= 15 is 0 Å². The van der Waals surface area contributed by atoms with Gasteiger partial charge < -0.3 is 5.73 Å². The molecule has 0 spiro atoms. The third-order valence-corrected chi connectivity index (χ3v) is 2.54. The molecule has 1 saturated carbocycles. The lowest BCUT2D eigenvalue weighted by Crippen LogP contribution is -2.19. The topological polar surface area (TPSA) is 38.9 Å². The second kappa shape index (κ2) is 3.42. The highest BCUT2D eigenvalue weighted by Gasteiger charge is 2.42. The van der Waals surface area contributed by atoms with Crippen LogP contribution in [0.1, 0.15) is 18.4 Å². The molecule has 0 aromatic carbocycles. The number of halogens is 1. The van der Waals surface area contributed by atoms with E-state index in [2.05, 4.69) is 17.1 Å². The van der Waals surface area contributed by atoms with Gasteiger partial charge in [-0.25, -0.2) is 0 Å². The van der Waals surface area contributed by atoms with E-state index < -0.39 is 0 Å². The zero-order valence-electron chi connectivity index (χ0n) is 6.86. The minimum Gasteiger partial charge on any atom is -0.330 e. The summed E-state index contributed by atoms with van der Waals surface area (Å²) in [5, 5.41) is 0. The first kappa shape index (κ1) is 9.49. The molecule has 1 aliphatic rings. The molecule has 1 aromatic rings. The van der Waals surface area contributed by atoms with Crippen LogP contribution >= 0.6 is 12.4 Å². The van der Waals surface area contributed by atoms with E-state index in [0.717, 1.165) is 6.54 Å². The standard InChI is InChI=1S/C9H12N2.ClH/c10-7-9(3-4-9)8-1-5-11-6-2-8;/h1-2,5-6H,3-4,7,10H2;1H. The van der Waals surface area contributed by atoms with Crippen LogP contribution in [0.2, 0.25) is 0 Å². The van der Waals surface area contributed by atoms with Crippen LogP contribution in [0.15, 0.2) is 24.5 Å². The highest BCUT2D eigenvalue weighted by Crippen LogP contribution is 2.46. The summed E-state index contributed by atoms with van der Waals surface area (Å²) in [6.07, 6.45) is 6.16. The molecule has 0 aliphatic heterocycles. The smallest absolute Gasteiger partial charge is 0.0270 e. The first-order chi connectivity index (χ1) is 5.37. The zero-order valence-corrected chi connectivity index (χ0v) is 7.68. The maximum Gasteiger partial charge on any atom is 0.0270 e. The third kappa shape index (κ3) is 1.45. The molecule has 0 unspecified atom stereocenters. The van der Waals surface area contributed by atoms with Gasteiger partial charge in [-0.1, -0.05) is 0 Å². The fourth-order valence-corrected chi connectivity index (χ4v) is 1.47. The van der Waals surface area contributed by atoms with Crippen LogP contribution in [0.25, 0.3) is 0 Å². The maximum absolute atomic E-state index is 5.68. The van der Waals surface area contributed by atoms with Crippen LogP contribution in [-0.4, -0.2) is 11.5 Å². The van der Waals surface area contributed by atoms with Gasteiger partial charge in [0.05, 0.1) is 0 Å². The first-order valence-electron chi connectivity index (χ1n) is 3.98. The molecule has 1 heterocycles. The molecule has 1 aromatic heterocycles. The third-order valence-electron chi connectivity index (χ3n) is 2.54. The van der Waals surface area contributed by atoms with Gasteiger partial charge in [-0.2, -0.15) is 0 Å². The Bertz CT molecular complexity index is 244. The molecule has 0 atom stereocenters. The number of hydrogen-bond acceptors (Lipinski definition) is 2. The predicted molar refractivity (Wildman–Crippen MR) is 51.5 cm³/mol. The molecule has 1 aliphatic carbocycles. The van der Waals surface area contributed by atoms with Crippen molar-refractivity contribution in [2.75, 3.05) is 6.54 Å². The lowest BCUT2D eigenvalue weighted by Gasteiger charge is -2.10. The quantitative estimate of drug-likeness (QED) is 0.757. The SMILES string of the molecule is Cl.NCC1(c2ccncc2)CC1. The van der Waals surface area contributed by atoms with Gasteiger partial charge >= 0.3 is 0 Å². The monoisotopic (exact) mass is 184 g/mol. The van der Waals surface area contributed by atoms with Gasteiger partial charge in [-0.05, 0) is 30.5 Å². The summed E-state index contributed by atoms with van der Waals surface area (Å²) in [5.41, 5.74) is 7.36. The average Bonchev–Trinajstić information content (AvgIpc) is 2.86. The van der Waals surface area contributed by atoms with Crippen LogP contribution < -0.4 is 5.73 Å². The Labute approximate surface area is 78.6 Å². The molecule has 2 N–H and O–H groups in total. The number of pyridine rings is 1. The van der Waals surface area contributed by atoms with E-state index in [9.17, 15) is 0 Å². The fourth-order valence-electron chi connectivity index (χ4n) is 1.47. The number of nitrogens with two attached hydrogens (primary N) is 1. The van der Waals surface area contributed by atoms with Gasteiger partial charge in [0, 0.05) is 24.4 Å². The Morgan fingerprint density at radius 1 is 1.33 bits per heavy atom. The Hall–Kier alpha value is -0.600. The van der Waals surface area contributed by atoms with Crippen molar-refractivity contribution in [3.8, 4) is 0 Å². The van der Waals surface area contributed by atoms with Gasteiger partial charge in [0.1, 0.15) is 0 Å². The summed E-state index contributed by atoms with van der Waals surface area (Å²) >= 11 is 0. The second-order valence-electron chi connectivity index (χ2n) is 3.22. The molecule has 66 valence electrons. The normalized spacial score (nSPS) is 18.1. The van der Waals surface area contributed by atoms with Crippen LogP contribution in [-0.2, 0) is 5.41 Å². The molecule has 0 radical (unpaired) electrons. The van der Waals surface area contributed by atoms with Crippen molar-refractivity contribution in [2.24, 2.45) is 5.73 Å². The van der Waals surface area contributed by atoms with Crippen LogP contribution in [0, 0.1) is 0 Å². The van der Waals surface area contributed by atoms with Gasteiger partial charge in [0.15, 0.2) is 0 Å². The van der Waals surface area contributed by atoms with Crippen molar-refractivity contribution in [3.05, 3.63) is 30.1 Å². The molecule has 0 bridgehead atoms. The number of nitrogens with zero attached hydrogens (tertiary/aromatic N) is 1. The van der Waals surface area contributed by atoms with Crippen molar-refractivity contribution in [3.63, 3.8) is 0 Å². The van der Waals surface area contributed by atoms with E-state index in [1.165, 1.54) is 18.4 Å². The fraction of sp³-hybridized carbons (Fsp3) is 0.444. The van der Waals surface area contributed by atoms with E-state index in [0.29, 0.717) is 5.41 Å². The highest BCUT2D eigenvalue weighted by atomic mass is 35.5. The van der Waals surface area contributed by atoms with E-state index in [1.807, 2.05) is 12.4 Å².